The number of hydrogen-bond donors (Lipinski definition) is 3. The van der Waals surface area contributed by atoms with Gasteiger partial charge in [0, 0.05) is 6.42 Å². The molecule has 13 atom stereocenters. The molecule has 2 saturated heterocycles. The fraction of sp³-hybridized carbons (Fsp3) is 0.436. The van der Waals surface area contributed by atoms with Crippen molar-refractivity contribution in [2.45, 2.75) is 145 Å². The molecule has 3 N–H and O–H groups in total. The van der Waals surface area contributed by atoms with E-state index in [9.17, 15) is 20.1 Å². The zero-order valence-electron chi connectivity index (χ0n) is 38.4. The third-order valence-corrected chi connectivity index (χ3v) is 12.7. The van der Waals surface area contributed by atoms with Gasteiger partial charge >= 0.3 is 5.97 Å². The van der Waals surface area contributed by atoms with Gasteiger partial charge < -0.3 is 58.0 Å². The zero-order valence-corrected chi connectivity index (χ0v) is 38.4. The zero-order chi connectivity index (χ0) is 47.1. The van der Waals surface area contributed by atoms with Crippen molar-refractivity contribution < 1.29 is 62.7 Å². The maximum Gasteiger partial charge on any atom is 0.335 e. The van der Waals surface area contributed by atoms with Crippen LogP contribution < -0.4 is 0 Å². The summed E-state index contributed by atoms with van der Waals surface area (Å²) in [6.45, 7) is 2.23. The second-order valence-electron chi connectivity index (χ2n) is 17.7. The number of benzene rings is 5. The van der Waals surface area contributed by atoms with Gasteiger partial charge in [0.1, 0.15) is 49.3 Å². The summed E-state index contributed by atoms with van der Waals surface area (Å²) in [5.74, 6) is -0.674. The Balaban J connectivity index is 1.01. The quantitative estimate of drug-likeness (QED) is 0.0646. The summed E-state index contributed by atoms with van der Waals surface area (Å²) in [6.07, 6.45) is -9.96. The van der Waals surface area contributed by atoms with Crippen LogP contribution in [0.1, 0.15) is 60.4 Å². The maximum atomic E-state index is 13.7. The molecule has 1 aliphatic carbocycles. The predicted molar refractivity (Wildman–Crippen MR) is 250 cm³/mol. The highest BCUT2D eigenvalue weighted by Crippen LogP contribution is 2.36. The molecule has 13 heteroatoms. The highest BCUT2D eigenvalue weighted by Gasteiger charge is 2.51. The van der Waals surface area contributed by atoms with Gasteiger partial charge in [-0.05, 0) is 47.6 Å². The van der Waals surface area contributed by atoms with Crippen molar-refractivity contribution in [2.75, 3.05) is 6.61 Å². The molecule has 3 fully saturated rings. The van der Waals surface area contributed by atoms with Gasteiger partial charge in [-0.25, -0.2) is 4.79 Å². The van der Waals surface area contributed by atoms with Crippen LogP contribution in [0.4, 0.5) is 0 Å². The lowest BCUT2D eigenvalue weighted by Gasteiger charge is -2.47. The van der Waals surface area contributed by atoms with E-state index >= 15 is 0 Å². The smallest absolute Gasteiger partial charge is 0.335 e. The van der Waals surface area contributed by atoms with Crippen LogP contribution in [0.25, 0.3) is 0 Å². The molecule has 13 nitrogen and oxygen atoms in total. The first-order valence-electron chi connectivity index (χ1n) is 23.8. The fourth-order valence-corrected chi connectivity index (χ4v) is 9.05. The fourth-order valence-electron chi connectivity index (χ4n) is 9.05. The van der Waals surface area contributed by atoms with Crippen LogP contribution >= 0.6 is 0 Å². The van der Waals surface area contributed by atoms with E-state index in [-0.39, 0.29) is 19.6 Å². The topological polar surface area (TPSA) is 161 Å². The average Bonchev–Trinajstić information content (AvgIpc) is 3.38. The maximum absolute atomic E-state index is 13.7. The standard InChI is InChI=1S/C55H64O13/c1-37-49(60-33-39-21-9-3-10-22-39)51(61-34-40-23-11-4-12-24-40)52(62-35-41-25-13-5-14-26-41)55(64-37)67-44-30-18-17-29-43(44)66-54-48(58)50(47(57)46(32-56)68-54)65-45(31-38-19-7-2-8-20-38)53(59)63-36-42-27-15-6-16-28-42/h2-16,19-28,37,43-52,54-58H,17-18,29-36H2,1H3/t37?,43?,44?,45-,46?,47?,48?,49?,50?,51?,52?,54?,55?/m0/s1. The summed E-state index contributed by atoms with van der Waals surface area (Å²) in [5.41, 5.74) is 4.53. The Morgan fingerprint density at radius 2 is 0.985 bits per heavy atom. The molecule has 8 rings (SSSR count). The summed E-state index contributed by atoms with van der Waals surface area (Å²) in [6, 6.07) is 48.3. The van der Waals surface area contributed by atoms with Crippen molar-refractivity contribution in [3.63, 3.8) is 0 Å². The SMILES string of the molecule is CC1OC(OC2CCCCC2OC2OC(CO)C(O)C(O[C@@H](Cc3ccccc3)C(=O)OCc3ccccc3)C2O)C(OCc2ccccc2)C(OCc2ccccc2)C1OCc1ccccc1. The second-order valence-corrected chi connectivity index (χ2v) is 17.7. The Kier molecular flexibility index (Phi) is 18.3. The van der Waals surface area contributed by atoms with E-state index in [0.717, 1.165) is 40.7 Å². The third-order valence-electron chi connectivity index (χ3n) is 12.7. The van der Waals surface area contributed by atoms with Gasteiger partial charge in [-0.3, -0.25) is 0 Å². The summed E-state index contributed by atoms with van der Waals surface area (Å²) in [5, 5.41) is 33.9. The molecule has 0 bridgehead atoms. The van der Waals surface area contributed by atoms with Crippen molar-refractivity contribution >= 4 is 5.97 Å². The third kappa shape index (κ3) is 13.5. The largest absolute Gasteiger partial charge is 0.459 e. The van der Waals surface area contributed by atoms with Gasteiger partial charge in [0.05, 0.1) is 44.7 Å². The van der Waals surface area contributed by atoms with E-state index in [1.54, 1.807) is 0 Å². The summed E-state index contributed by atoms with van der Waals surface area (Å²) >= 11 is 0. The lowest BCUT2D eigenvalue weighted by atomic mass is 9.93. The number of esters is 1. The highest BCUT2D eigenvalue weighted by atomic mass is 16.7. The predicted octanol–water partition coefficient (Wildman–Crippen LogP) is 7.01. The van der Waals surface area contributed by atoms with Gasteiger partial charge in [-0.1, -0.05) is 165 Å². The second kappa shape index (κ2) is 25.1. The molecule has 1 saturated carbocycles. The van der Waals surface area contributed by atoms with Gasteiger partial charge in [-0.15, -0.1) is 0 Å². The molecule has 5 aromatic carbocycles. The van der Waals surface area contributed by atoms with Crippen molar-refractivity contribution in [1.29, 1.82) is 0 Å². The minimum Gasteiger partial charge on any atom is -0.459 e. The molecule has 2 heterocycles. The van der Waals surface area contributed by atoms with Gasteiger partial charge in [0.2, 0.25) is 0 Å². The number of ether oxygens (including phenoxy) is 9. The van der Waals surface area contributed by atoms with E-state index in [2.05, 4.69) is 0 Å². The van der Waals surface area contributed by atoms with Crippen LogP contribution in [0.2, 0.25) is 0 Å². The molecule has 68 heavy (non-hydrogen) atoms. The van der Waals surface area contributed by atoms with Gasteiger partial charge in [-0.2, -0.15) is 0 Å². The van der Waals surface area contributed by atoms with Crippen molar-refractivity contribution in [3.05, 3.63) is 179 Å². The van der Waals surface area contributed by atoms with Gasteiger partial charge in [0.15, 0.2) is 18.7 Å². The molecule has 2 aliphatic heterocycles. The highest BCUT2D eigenvalue weighted by molar-refractivity contribution is 5.75. The van der Waals surface area contributed by atoms with Crippen molar-refractivity contribution in [2.24, 2.45) is 0 Å². The normalized spacial score (nSPS) is 28.9. The molecule has 0 radical (unpaired) electrons. The van der Waals surface area contributed by atoms with E-state index < -0.39 is 92.3 Å². The number of carbonyl (C=O) groups excluding carboxylic acids is 1. The van der Waals surface area contributed by atoms with E-state index in [1.807, 2.05) is 159 Å². The molecule has 0 amide bonds. The summed E-state index contributed by atoms with van der Waals surface area (Å²) in [7, 11) is 0. The Bertz CT molecular complexity index is 2200. The molecule has 3 aliphatic rings. The number of aliphatic hydroxyl groups is 3. The molecule has 0 spiro atoms. The molecule has 0 aromatic heterocycles. The Morgan fingerprint density at radius 1 is 0.544 bits per heavy atom. The molecular weight excluding hydrogens is 869 g/mol. The Hall–Kier alpha value is -4.87. The number of carbonyl (C=O) groups is 1. The van der Waals surface area contributed by atoms with E-state index in [4.69, 9.17) is 42.6 Å². The lowest BCUT2D eigenvalue weighted by molar-refractivity contribution is -0.353. The Labute approximate surface area is 398 Å². The summed E-state index contributed by atoms with van der Waals surface area (Å²) < 4.78 is 58.7. The molecular formula is C55H64O13. The Morgan fingerprint density at radius 3 is 1.49 bits per heavy atom. The molecule has 5 aromatic rings. The molecule has 12 unspecified atom stereocenters. The summed E-state index contributed by atoms with van der Waals surface area (Å²) in [4.78, 5) is 13.7. The van der Waals surface area contributed by atoms with Gasteiger partial charge in [0.25, 0.3) is 0 Å². The number of rotatable bonds is 21. The average molecular weight is 933 g/mol. The molecule has 362 valence electrons. The monoisotopic (exact) mass is 932 g/mol. The number of aliphatic hydroxyl groups excluding tert-OH is 3. The van der Waals surface area contributed by atoms with Crippen molar-refractivity contribution in [3.8, 4) is 0 Å². The lowest BCUT2D eigenvalue weighted by Crippen LogP contribution is -2.63. The van der Waals surface area contributed by atoms with Crippen LogP contribution in [0.15, 0.2) is 152 Å². The van der Waals surface area contributed by atoms with Crippen LogP contribution in [0.5, 0.6) is 0 Å². The first kappa shape index (κ1) is 49.5. The van der Waals surface area contributed by atoms with Crippen LogP contribution in [-0.4, -0.2) is 108 Å². The van der Waals surface area contributed by atoms with Crippen LogP contribution in [-0.2, 0) is 80.3 Å². The minimum absolute atomic E-state index is 0.00415. The first-order valence-corrected chi connectivity index (χ1v) is 23.8. The van der Waals surface area contributed by atoms with Crippen LogP contribution in [0, 0.1) is 0 Å². The van der Waals surface area contributed by atoms with E-state index in [1.165, 1.54) is 0 Å². The minimum atomic E-state index is -1.58. The van der Waals surface area contributed by atoms with E-state index in [0.29, 0.717) is 26.1 Å². The van der Waals surface area contributed by atoms with Crippen molar-refractivity contribution in [1.82, 2.24) is 0 Å². The number of hydrogen-bond acceptors (Lipinski definition) is 13. The first-order chi connectivity index (χ1) is 33.3. The van der Waals surface area contributed by atoms with Crippen LogP contribution in [0.3, 0.4) is 0 Å².